The summed E-state index contributed by atoms with van der Waals surface area (Å²) in [6, 6.07) is 12.1. The third kappa shape index (κ3) is 4.06. The number of aromatic nitrogens is 3. The van der Waals surface area contributed by atoms with Crippen molar-refractivity contribution in [2.45, 2.75) is 38.5 Å². The van der Waals surface area contributed by atoms with E-state index in [9.17, 15) is 4.79 Å². The van der Waals surface area contributed by atoms with Gasteiger partial charge in [-0.15, -0.1) is 0 Å². The van der Waals surface area contributed by atoms with E-state index in [-0.39, 0.29) is 18.4 Å². The Labute approximate surface area is 191 Å². The lowest BCUT2D eigenvalue weighted by Crippen LogP contribution is -2.35. The third-order valence-corrected chi connectivity index (χ3v) is 6.50. The molecular weight excluding hydrogens is 420 g/mol. The molecule has 0 spiro atoms. The summed E-state index contributed by atoms with van der Waals surface area (Å²) in [5.74, 6) is 1.38. The molecule has 1 aromatic carbocycles. The second kappa shape index (κ2) is 8.51. The third-order valence-electron chi connectivity index (χ3n) is 6.50. The predicted molar refractivity (Wildman–Crippen MR) is 122 cm³/mol. The molecule has 5 heterocycles. The van der Waals surface area contributed by atoms with E-state index >= 15 is 0 Å². The fourth-order valence-corrected chi connectivity index (χ4v) is 4.85. The van der Waals surface area contributed by atoms with Gasteiger partial charge >= 0.3 is 5.69 Å². The Kier molecular flexibility index (Phi) is 5.22. The van der Waals surface area contributed by atoms with Crippen molar-refractivity contribution >= 4 is 0 Å². The standard InChI is InChI=1S/C25H26N4O4/c30-25-27-23(31-15-19-16-32-24-22(33-19)4-3-8-26-24)13-21-20-6-5-17(14-28-9-1-2-10-28)12-18(20)7-11-29(21)25/h3-6,8,12-13,19H,1-2,7,9-11,14-16H2. The zero-order valence-electron chi connectivity index (χ0n) is 18.4. The first-order valence-electron chi connectivity index (χ1n) is 11.6. The molecule has 3 aliphatic rings. The minimum Gasteiger partial charge on any atom is -0.478 e. The van der Waals surface area contributed by atoms with Crippen molar-refractivity contribution in [3.05, 3.63) is 64.2 Å². The van der Waals surface area contributed by atoms with E-state index in [0.717, 1.165) is 24.2 Å². The van der Waals surface area contributed by atoms with Crippen molar-refractivity contribution in [1.29, 1.82) is 0 Å². The smallest absolute Gasteiger partial charge is 0.351 e. The van der Waals surface area contributed by atoms with Crippen LogP contribution in [0.15, 0.2) is 47.4 Å². The second-order valence-corrected chi connectivity index (χ2v) is 8.81. The van der Waals surface area contributed by atoms with Crippen LogP contribution in [0.2, 0.25) is 0 Å². The maximum Gasteiger partial charge on any atom is 0.351 e. The normalized spacial score (nSPS) is 19.1. The maximum absolute atomic E-state index is 12.7. The van der Waals surface area contributed by atoms with E-state index in [1.165, 1.54) is 37.1 Å². The fraction of sp³-hybridized carbons (Fsp3) is 0.400. The van der Waals surface area contributed by atoms with Crippen molar-refractivity contribution in [3.63, 3.8) is 0 Å². The van der Waals surface area contributed by atoms with Crippen molar-refractivity contribution in [2.24, 2.45) is 0 Å². The number of likely N-dealkylation sites (tertiary alicyclic amines) is 1. The van der Waals surface area contributed by atoms with Crippen molar-refractivity contribution in [1.82, 2.24) is 19.4 Å². The molecule has 1 fully saturated rings. The molecule has 8 nitrogen and oxygen atoms in total. The topological polar surface area (TPSA) is 78.7 Å². The van der Waals surface area contributed by atoms with Crippen LogP contribution in [0.25, 0.3) is 11.3 Å². The first kappa shape index (κ1) is 20.2. The van der Waals surface area contributed by atoms with Crippen LogP contribution in [-0.2, 0) is 19.5 Å². The Morgan fingerprint density at radius 3 is 2.94 bits per heavy atom. The zero-order chi connectivity index (χ0) is 22.2. The van der Waals surface area contributed by atoms with Gasteiger partial charge in [-0.25, -0.2) is 9.78 Å². The first-order valence-corrected chi connectivity index (χ1v) is 11.6. The Balaban J connectivity index is 1.20. The highest BCUT2D eigenvalue weighted by atomic mass is 16.6. The van der Waals surface area contributed by atoms with Crippen molar-refractivity contribution in [2.75, 3.05) is 26.3 Å². The lowest BCUT2D eigenvalue weighted by molar-refractivity contribution is 0.0486. The molecule has 1 atom stereocenters. The van der Waals surface area contributed by atoms with E-state index in [4.69, 9.17) is 14.2 Å². The monoisotopic (exact) mass is 446 g/mol. The molecule has 0 aliphatic carbocycles. The fourth-order valence-electron chi connectivity index (χ4n) is 4.85. The van der Waals surface area contributed by atoms with Crippen LogP contribution in [0.5, 0.6) is 17.5 Å². The summed E-state index contributed by atoms with van der Waals surface area (Å²) in [5.41, 5.74) is 4.25. The molecule has 2 aromatic heterocycles. The van der Waals surface area contributed by atoms with Gasteiger partial charge < -0.3 is 14.2 Å². The lowest BCUT2D eigenvalue weighted by Gasteiger charge is -2.26. The van der Waals surface area contributed by atoms with Crippen molar-refractivity contribution in [3.8, 4) is 28.8 Å². The number of hydrogen-bond acceptors (Lipinski definition) is 7. The molecule has 8 heteroatoms. The number of pyridine rings is 1. The Hall–Kier alpha value is -3.39. The number of nitrogens with zero attached hydrogens (tertiary/aromatic N) is 4. The van der Waals surface area contributed by atoms with Crippen LogP contribution in [0.3, 0.4) is 0 Å². The van der Waals surface area contributed by atoms with Crippen LogP contribution in [0.4, 0.5) is 0 Å². The van der Waals surface area contributed by atoms with Crippen LogP contribution < -0.4 is 19.9 Å². The summed E-state index contributed by atoms with van der Waals surface area (Å²) >= 11 is 0. The Morgan fingerprint density at radius 1 is 1.12 bits per heavy atom. The molecule has 6 rings (SSSR count). The molecular formula is C25H26N4O4. The van der Waals surface area contributed by atoms with Gasteiger partial charge in [-0.2, -0.15) is 4.98 Å². The summed E-state index contributed by atoms with van der Waals surface area (Å²) in [7, 11) is 0. The van der Waals surface area contributed by atoms with E-state index < -0.39 is 0 Å². The maximum atomic E-state index is 12.7. The van der Waals surface area contributed by atoms with E-state index in [1.807, 2.05) is 12.1 Å². The van der Waals surface area contributed by atoms with Crippen LogP contribution in [0, 0.1) is 0 Å². The molecule has 170 valence electrons. The van der Waals surface area contributed by atoms with Gasteiger partial charge in [-0.3, -0.25) is 9.47 Å². The highest BCUT2D eigenvalue weighted by Gasteiger charge is 2.24. The second-order valence-electron chi connectivity index (χ2n) is 8.81. The SMILES string of the molecule is O=c1nc(OCC2COc3ncccc3O2)cc2n1CCc1cc(CN3CCCC3)ccc1-2. The summed E-state index contributed by atoms with van der Waals surface area (Å²) in [6.07, 6.45) is 4.77. The highest BCUT2D eigenvalue weighted by molar-refractivity contribution is 5.67. The molecule has 0 radical (unpaired) electrons. The minimum absolute atomic E-state index is 0.228. The number of rotatable bonds is 5. The predicted octanol–water partition coefficient (Wildman–Crippen LogP) is 2.68. The minimum atomic E-state index is -0.303. The van der Waals surface area contributed by atoms with Gasteiger partial charge in [0.05, 0.1) is 5.69 Å². The molecule has 0 amide bonds. The molecule has 33 heavy (non-hydrogen) atoms. The Bertz CT molecular complexity index is 1240. The van der Waals surface area contributed by atoms with Gasteiger partial charge in [0, 0.05) is 30.9 Å². The van der Waals surface area contributed by atoms with Crippen LogP contribution >= 0.6 is 0 Å². The quantitative estimate of drug-likeness (QED) is 0.596. The van der Waals surface area contributed by atoms with Crippen LogP contribution in [-0.4, -0.2) is 51.8 Å². The van der Waals surface area contributed by atoms with E-state index in [1.54, 1.807) is 16.8 Å². The summed E-state index contributed by atoms with van der Waals surface area (Å²) in [6.45, 7) is 4.54. The molecule has 0 N–H and O–H groups in total. The average molecular weight is 447 g/mol. The average Bonchev–Trinajstić information content (AvgIpc) is 3.35. The Morgan fingerprint density at radius 2 is 2.03 bits per heavy atom. The number of aryl methyl sites for hydroxylation is 1. The van der Waals surface area contributed by atoms with Crippen molar-refractivity contribution < 1.29 is 14.2 Å². The summed E-state index contributed by atoms with van der Waals surface area (Å²) in [5, 5.41) is 0. The molecule has 0 saturated carbocycles. The largest absolute Gasteiger partial charge is 0.478 e. The highest BCUT2D eigenvalue weighted by Crippen LogP contribution is 2.32. The summed E-state index contributed by atoms with van der Waals surface area (Å²) < 4.78 is 19.1. The number of fused-ring (bicyclic) bond motifs is 4. The first-order chi connectivity index (χ1) is 16.2. The molecule has 0 bridgehead atoms. The van der Waals surface area contributed by atoms with E-state index in [2.05, 4.69) is 33.1 Å². The number of hydrogen-bond donors (Lipinski definition) is 0. The lowest BCUT2D eigenvalue weighted by atomic mass is 9.95. The van der Waals surface area contributed by atoms with Gasteiger partial charge in [-0.05, 0) is 55.6 Å². The van der Waals surface area contributed by atoms with Crippen LogP contribution in [0.1, 0.15) is 24.0 Å². The van der Waals surface area contributed by atoms with E-state index in [0.29, 0.717) is 30.7 Å². The number of benzene rings is 1. The van der Waals surface area contributed by atoms with Gasteiger partial charge in [-0.1, -0.05) is 18.2 Å². The molecule has 3 aliphatic heterocycles. The molecule has 1 unspecified atom stereocenters. The zero-order valence-corrected chi connectivity index (χ0v) is 18.4. The van der Waals surface area contributed by atoms with Gasteiger partial charge in [0.15, 0.2) is 11.9 Å². The molecule has 3 aromatic rings. The summed E-state index contributed by atoms with van der Waals surface area (Å²) in [4.78, 5) is 23.5. The van der Waals surface area contributed by atoms with Gasteiger partial charge in [0.25, 0.3) is 5.88 Å². The van der Waals surface area contributed by atoms with Gasteiger partial charge in [0.1, 0.15) is 13.2 Å². The molecule has 1 saturated heterocycles. The van der Waals surface area contributed by atoms with Gasteiger partial charge in [0.2, 0.25) is 5.88 Å². The number of ether oxygens (including phenoxy) is 3.